The Morgan fingerprint density at radius 2 is 0.838 bits per heavy atom. The number of nitrogen functional groups attached to an aromatic ring is 5. The van der Waals surface area contributed by atoms with Crippen LogP contribution in [0.2, 0.25) is 0 Å². The fourth-order valence-corrected chi connectivity index (χ4v) is 17.9. The van der Waals surface area contributed by atoms with Crippen molar-refractivity contribution in [3.05, 3.63) is 244 Å². The molecule has 6 aromatic carbocycles. The lowest BCUT2D eigenvalue weighted by atomic mass is 9.73. The van der Waals surface area contributed by atoms with Gasteiger partial charge in [0.05, 0.1) is 114 Å². The van der Waals surface area contributed by atoms with Crippen molar-refractivity contribution in [2.24, 2.45) is 22.7 Å². The zero-order valence-electron chi connectivity index (χ0n) is 86.1. The number of benzene rings is 6. The summed E-state index contributed by atoms with van der Waals surface area (Å²) < 4.78 is 8.62. The zero-order chi connectivity index (χ0) is 105. The van der Waals surface area contributed by atoms with E-state index in [9.17, 15) is 38.4 Å². The molecule has 2 fully saturated rings. The number of fused-ring (bicyclic) bond motifs is 14. The fourth-order valence-electron chi connectivity index (χ4n) is 17.9. The number of imidazole rings is 2. The summed E-state index contributed by atoms with van der Waals surface area (Å²) in [5, 5.41) is 25.1. The third kappa shape index (κ3) is 22.5. The number of nitrogens with two attached hydrogens (primary N) is 5. The highest BCUT2D eigenvalue weighted by Crippen LogP contribution is 2.41. The van der Waals surface area contributed by atoms with Crippen LogP contribution in [0.15, 0.2) is 193 Å². The van der Waals surface area contributed by atoms with Crippen molar-refractivity contribution in [1.29, 1.82) is 5.41 Å². The van der Waals surface area contributed by atoms with Crippen molar-refractivity contribution < 1.29 is 14.4 Å². The van der Waals surface area contributed by atoms with E-state index >= 15 is 0 Å². The normalized spacial score (nSPS) is 16.2. The summed E-state index contributed by atoms with van der Waals surface area (Å²) in [6, 6.07) is 26.6. The van der Waals surface area contributed by atoms with Gasteiger partial charge in [0.1, 0.15) is 29.6 Å². The molecule has 16 aromatic rings. The Labute approximate surface area is 820 Å². The first-order valence-electron chi connectivity index (χ1n) is 46.9. The van der Waals surface area contributed by atoms with E-state index in [1.165, 1.54) is 17.4 Å². The van der Waals surface area contributed by atoms with Gasteiger partial charge in [0.25, 0.3) is 11.1 Å². The van der Waals surface area contributed by atoms with Gasteiger partial charge >= 0.3 is 29.1 Å². The van der Waals surface area contributed by atoms with Gasteiger partial charge in [-0.05, 0) is 239 Å². The summed E-state index contributed by atoms with van der Waals surface area (Å²) in [6.07, 6.45) is 19.2. The smallest absolute Gasteiger partial charge is 0.347 e. The van der Waals surface area contributed by atoms with Crippen LogP contribution < -0.4 is 78.1 Å². The number of hydrogen-bond donors (Lipinski definition) is 15. The van der Waals surface area contributed by atoms with Crippen molar-refractivity contribution in [3.8, 4) is 0 Å². The fraction of sp³-hybridized carbons (Fsp3) is 0.377. The van der Waals surface area contributed by atoms with Crippen LogP contribution >= 0.6 is 0 Å². The first-order chi connectivity index (χ1) is 65.8. The average molecular weight is 1930 g/mol. The Hall–Kier alpha value is -15.8. The molecule has 12 heterocycles. The first-order valence-corrected chi connectivity index (χ1v) is 46.9. The second-order valence-electron chi connectivity index (χ2n) is 44.5. The number of H-pyrrole nitrogens is 5. The SMILES string of the molecule is CC(C)(C)n1ccc2c3[nH]c(=O)nc(N)c3ccc21.CC(C)(C)n1ccc2c3nc(N)ncc3ccc21.CC(C)(C)n1cnc2cc3c(=O)[nH]c(N)nc3cc21.CC(C)(C)n1cnc2cc3c(N)ncnc3cc21.CC1=CC2C(=N)NC(=O)NC2C(C(C)(C)C)=C1.CC1=CC2C(=O)NC(=O)NC2C(C(C)(C)C)=C1.Cc1cc(C(C)(C)C)c2[nH]c(=O)[nH]c(=O)c2c1.Cc1cc(C(C)(C)C)c2[nH]c(=O)nc(N)c2c1. The topological polar surface area (TPSA) is 553 Å². The second kappa shape index (κ2) is 38.4. The van der Waals surface area contributed by atoms with Gasteiger partial charge in [-0.2, -0.15) is 9.97 Å². The molecule has 2 aliphatic carbocycles. The number of allylic oxidation sites excluding steroid dienone is 4. The minimum Gasteiger partial charge on any atom is -0.383 e. The van der Waals surface area contributed by atoms with Gasteiger partial charge in [-0.1, -0.05) is 131 Å². The minimum absolute atomic E-state index is 0.0106. The molecule has 0 bridgehead atoms. The number of hydrogen-bond acceptors (Lipinski definition) is 23. The van der Waals surface area contributed by atoms with Gasteiger partial charge in [0.2, 0.25) is 17.8 Å². The van der Waals surface area contributed by atoms with E-state index in [1.54, 1.807) is 24.7 Å². The van der Waals surface area contributed by atoms with E-state index in [-0.39, 0.29) is 114 Å². The second-order valence-corrected chi connectivity index (χ2v) is 44.5. The number of anilines is 5. The number of aryl methyl sites for hydroxylation is 2. The van der Waals surface area contributed by atoms with E-state index in [4.69, 9.17) is 34.1 Å². The summed E-state index contributed by atoms with van der Waals surface area (Å²) in [5.74, 6) is 1.21. The van der Waals surface area contributed by atoms with Gasteiger partial charge in [-0.25, -0.2) is 58.9 Å². The number of carbonyl (C=O) groups excluding carboxylic acids is 3. The largest absolute Gasteiger partial charge is 0.383 e. The van der Waals surface area contributed by atoms with Crippen molar-refractivity contribution in [1.82, 2.24) is 109 Å². The van der Waals surface area contributed by atoms with Crippen LogP contribution in [-0.2, 0) is 37.8 Å². The van der Waals surface area contributed by atoms with Crippen LogP contribution in [0.4, 0.5) is 38.9 Å². The average Bonchev–Trinajstić information content (AvgIpc) is 1.26. The van der Waals surface area contributed by atoms with Crippen LogP contribution in [0.1, 0.15) is 202 Å². The highest BCUT2D eigenvalue weighted by atomic mass is 16.2. The number of rotatable bonds is 0. The van der Waals surface area contributed by atoms with Crippen LogP contribution in [-0.4, -0.2) is 124 Å². The maximum Gasteiger partial charge on any atom is 0.347 e. The van der Waals surface area contributed by atoms with Crippen molar-refractivity contribution in [2.45, 2.75) is 239 Å². The third-order valence-electron chi connectivity index (χ3n) is 24.7. The van der Waals surface area contributed by atoms with Crippen molar-refractivity contribution >= 4 is 162 Å². The summed E-state index contributed by atoms with van der Waals surface area (Å²) in [6.45, 7) is 58.8. The van der Waals surface area contributed by atoms with Crippen LogP contribution in [0.5, 0.6) is 0 Å². The van der Waals surface area contributed by atoms with Crippen molar-refractivity contribution in [3.63, 3.8) is 0 Å². The lowest BCUT2D eigenvalue weighted by molar-refractivity contribution is -0.124. The molecule has 10 aromatic heterocycles. The molecule has 744 valence electrons. The van der Waals surface area contributed by atoms with Gasteiger partial charge in [0.15, 0.2) is 0 Å². The minimum atomic E-state index is -0.461. The molecule has 0 saturated carbocycles. The summed E-state index contributed by atoms with van der Waals surface area (Å²) in [5.41, 5.74) is 45.7. The lowest BCUT2D eigenvalue weighted by Gasteiger charge is -2.40. The molecular weight excluding hydrogens is 1790 g/mol. The van der Waals surface area contributed by atoms with Crippen LogP contribution in [0.3, 0.4) is 0 Å². The first kappa shape index (κ1) is 104. The standard InChI is InChI=1S/C14H16N4O.C14H16N4.C13H15N5O.C13H15N5.C13H19N3O.C13H17N3O.C13H18N2O2.C13H16N2O2/c1-14(2,3)18-7-6-8-10(18)5-4-9-11(8)16-13(19)17-12(9)15;1-14(2,3)18-7-6-10-11(18)5-4-9-8-16-13(15)17-12(9)10;1-13(2,3)18-6-15-9-4-7-8(5-10(9)18)16-12(14)17-11(7)19;1-13(2,3)18-7-17-10-4-8-9(5-11(10)18)15-6-16-12(8)14;2*1-7-5-8-10(9(6-7)13(2,3)4)15-12(17)16-11(8)14;2*1-7-5-8-10(9(6-7)13(2,3)4)14-12(17)15-11(8)16/h4-7H,1-3H3,(H3,15,16,17,19);4-8H,1-3H3,(H2,15,16,17);4-6H,1-3H3,(H3,14,16,17,19);4-7H,1-3H3,(H2,14,15,16);5-6,8,10H,1-4H3,(H3,14,15,16,17);5-6H,1-4H3,(H3,14,15,16,17);5-6,8,10H,1-4H3,(H2,14,15,16,17);5-6H,1-4H3,(H2,14,15,16,17). The number of aromatic amines is 5. The maximum atomic E-state index is 11.8. The monoisotopic (exact) mass is 1930 g/mol. The van der Waals surface area contributed by atoms with Crippen LogP contribution in [0, 0.1) is 41.9 Å². The maximum absolute atomic E-state index is 11.8. The van der Waals surface area contributed by atoms with E-state index in [1.807, 2.05) is 107 Å². The Kier molecular flexibility index (Phi) is 28.0. The molecule has 5 amide bonds. The number of imide groups is 1. The highest BCUT2D eigenvalue weighted by Gasteiger charge is 2.43. The molecule has 36 heteroatoms. The lowest BCUT2D eigenvalue weighted by Crippen LogP contribution is -2.59. The number of urea groups is 2. The number of nitrogens with one attached hydrogen (secondary N) is 10. The molecule has 2 aliphatic heterocycles. The Morgan fingerprint density at radius 3 is 1.37 bits per heavy atom. The summed E-state index contributed by atoms with van der Waals surface area (Å²) >= 11 is 0. The Morgan fingerprint density at radius 1 is 0.373 bits per heavy atom. The molecule has 2 saturated heterocycles. The number of carbonyl (C=O) groups is 3. The van der Waals surface area contributed by atoms with Gasteiger partial charge in [0, 0.05) is 73.1 Å². The Balaban J connectivity index is 0.000000136. The molecular formula is C106H132N28O8. The molecule has 20 rings (SSSR count). The molecule has 4 aliphatic rings. The highest BCUT2D eigenvalue weighted by molar-refractivity contribution is 6.08. The molecule has 0 spiro atoms. The van der Waals surface area contributed by atoms with Gasteiger partial charge in [-0.3, -0.25) is 40.4 Å². The van der Waals surface area contributed by atoms with E-state index in [2.05, 4.69) is 312 Å². The van der Waals surface area contributed by atoms with Gasteiger partial charge in [-0.15, -0.1) is 0 Å². The molecule has 0 radical (unpaired) electrons. The van der Waals surface area contributed by atoms with E-state index in [0.29, 0.717) is 33.6 Å². The Bertz CT molecular complexity index is 8070. The number of nitrogens with zero attached hydrogens (tertiary/aromatic N) is 13. The predicted molar refractivity (Wildman–Crippen MR) is 571 cm³/mol. The molecule has 142 heavy (non-hydrogen) atoms. The van der Waals surface area contributed by atoms with Crippen LogP contribution in [0.25, 0.3) is 109 Å². The molecule has 36 nitrogen and oxygen atoms in total. The number of amides is 5. The quantitative estimate of drug-likeness (QED) is 0.0670. The van der Waals surface area contributed by atoms with E-state index in [0.717, 1.165) is 121 Å². The number of aromatic nitrogens is 18. The predicted octanol–water partition coefficient (Wildman–Crippen LogP) is 16.9. The molecule has 4 unspecified atom stereocenters. The summed E-state index contributed by atoms with van der Waals surface area (Å²) in [4.78, 5) is 143. The van der Waals surface area contributed by atoms with E-state index < -0.39 is 23.1 Å². The zero-order valence-corrected chi connectivity index (χ0v) is 86.1. The molecule has 20 N–H and O–H groups in total. The number of amidine groups is 1. The third-order valence-corrected chi connectivity index (χ3v) is 24.7. The van der Waals surface area contributed by atoms with Crippen molar-refractivity contribution in [2.75, 3.05) is 28.7 Å². The molecule has 4 atom stereocenters. The summed E-state index contributed by atoms with van der Waals surface area (Å²) in [7, 11) is 0. The van der Waals surface area contributed by atoms with Gasteiger partial charge < -0.3 is 72.5 Å².